The van der Waals surface area contributed by atoms with E-state index < -0.39 is 0 Å². The van der Waals surface area contributed by atoms with Crippen LogP contribution >= 0.6 is 34.5 Å². The summed E-state index contributed by atoms with van der Waals surface area (Å²) in [5.74, 6) is 0.657. The summed E-state index contributed by atoms with van der Waals surface area (Å²) in [4.78, 5) is 5.69. The average Bonchev–Trinajstić information content (AvgIpc) is 2.81. The minimum atomic E-state index is 0.657. The van der Waals surface area contributed by atoms with Crippen LogP contribution in [0, 0.1) is 5.92 Å². The third-order valence-electron chi connectivity index (χ3n) is 2.84. The lowest BCUT2D eigenvalue weighted by molar-refractivity contribution is 0.554. The van der Waals surface area contributed by atoms with Crippen LogP contribution in [0.2, 0.25) is 10.0 Å². The summed E-state index contributed by atoms with van der Waals surface area (Å²) < 4.78 is 0. The van der Waals surface area contributed by atoms with Crippen molar-refractivity contribution >= 4 is 34.5 Å². The van der Waals surface area contributed by atoms with Crippen molar-refractivity contribution in [1.82, 2.24) is 10.3 Å². The van der Waals surface area contributed by atoms with Crippen LogP contribution < -0.4 is 5.32 Å². The first kappa shape index (κ1) is 15.8. The molecule has 20 heavy (non-hydrogen) atoms. The molecule has 1 aromatic heterocycles. The van der Waals surface area contributed by atoms with Gasteiger partial charge in [-0.2, -0.15) is 0 Å². The Hall–Kier alpha value is -0.610. The van der Waals surface area contributed by atoms with Gasteiger partial charge in [0, 0.05) is 34.1 Å². The summed E-state index contributed by atoms with van der Waals surface area (Å²) in [5.41, 5.74) is 0.951. The van der Waals surface area contributed by atoms with Crippen molar-refractivity contribution in [3.8, 4) is 0 Å². The molecule has 0 atom stereocenters. The van der Waals surface area contributed by atoms with Crippen LogP contribution in [0.4, 0.5) is 0 Å². The number of hydrogen-bond acceptors (Lipinski definition) is 3. The molecule has 0 saturated carbocycles. The Balaban J connectivity index is 1.99. The van der Waals surface area contributed by atoms with Gasteiger partial charge in [0.2, 0.25) is 0 Å². The van der Waals surface area contributed by atoms with E-state index >= 15 is 0 Å². The molecule has 5 heteroatoms. The highest BCUT2D eigenvalue weighted by atomic mass is 35.5. The van der Waals surface area contributed by atoms with Crippen LogP contribution in [-0.2, 0) is 13.0 Å². The Morgan fingerprint density at radius 1 is 1.25 bits per heavy atom. The van der Waals surface area contributed by atoms with Crippen molar-refractivity contribution in [2.45, 2.75) is 26.8 Å². The van der Waals surface area contributed by atoms with Gasteiger partial charge in [-0.3, -0.25) is 0 Å². The van der Waals surface area contributed by atoms with E-state index in [0.717, 1.165) is 23.7 Å². The molecule has 0 bridgehead atoms. The largest absolute Gasteiger partial charge is 0.312 e. The molecule has 0 amide bonds. The molecule has 0 unspecified atom stereocenters. The van der Waals surface area contributed by atoms with Crippen LogP contribution in [0.3, 0.4) is 0 Å². The third-order valence-corrected chi connectivity index (χ3v) is 4.55. The molecule has 0 aliphatic carbocycles. The first-order valence-corrected chi connectivity index (χ1v) is 8.20. The van der Waals surface area contributed by atoms with Gasteiger partial charge in [-0.25, -0.2) is 4.98 Å². The number of nitrogens with zero attached hydrogens (tertiary/aromatic N) is 1. The van der Waals surface area contributed by atoms with Crippen LogP contribution in [0.15, 0.2) is 24.4 Å². The maximum Gasteiger partial charge on any atom is 0.0973 e. The second-order valence-electron chi connectivity index (χ2n) is 5.12. The first-order chi connectivity index (χ1) is 9.56. The van der Waals surface area contributed by atoms with Crippen LogP contribution in [-0.4, -0.2) is 11.5 Å². The van der Waals surface area contributed by atoms with Crippen LogP contribution in [0.25, 0.3) is 0 Å². The molecule has 0 radical (unpaired) electrons. The van der Waals surface area contributed by atoms with Gasteiger partial charge in [-0.1, -0.05) is 43.1 Å². The Bertz CT molecular complexity index is 547. The minimum absolute atomic E-state index is 0.657. The lowest BCUT2D eigenvalue weighted by Gasteiger charge is -2.05. The SMILES string of the molecule is CC(C)CNCc1cnc(Cc2c(Cl)cccc2Cl)s1. The summed E-state index contributed by atoms with van der Waals surface area (Å²) in [6, 6.07) is 5.58. The molecule has 0 spiro atoms. The average molecular weight is 329 g/mol. The second-order valence-corrected chi connectivity index (χ2v) is 7.14. The number of halogens is 2. The molecule has 2 aromatic rings. The predicted octanol–water partition coefficient (Wildman–Crippen LogP) is 4.79. The monoisotopic (exact) mass is 328 g/mol. The lowest BCUT2D eigenvalue weighted by Crippen LogP contribution is -2.18. The molecular weight excluding hydrogens is 311 g/mol. The highest BCUT2D eigenvalue weighted by Crippen LogP contribution is 2.28. The summed E-state index contributed by atoms with van der Waals surface area (Å²) >= 11 is 14.1. The smallest absolute Gasteiger partial charge is 0.0973 e. The molecule has 0 aliphatic rings. The van der Waals surface area contributed by atoms with Crippen LogP contribution in [0.5, 0.6) is 0 Å². The summed E-state index contributed by atoms with van der Waals surface area (Å²) in [6.45, 7) is 6.28. The molecule has 108 valence electrons. The summed E-state index contributed by atoms with van der Waals surface area (Å²) in [7, 11) is 0. The maximum atomic E-state index is 6.18. The minimum Gasteiger partial charge on any atom is -0.312 e. The second kappa shape index (κ2) is 7.41. The van der Waals surface area contributed by atoms with Crippen molar-refractivity contribution in [1.29, 1.82) is 0 Å². The number of nitrogens with one attached hydrogen (secondary N) is 1. The molecule has 2 nitrogen and oxygen atoms in total. The topological polar surface area (TPSA) is 24.9 Å². The molecule has 0 saturated heterocycles. The van der Waals surface area contributed by atoms with E-state index in [1.54, 1.807) is 11.3 Å². The summed E-state index contributed by atoms with van der Waals surface area (Å²) in [5, 5.41) is 5.86. The lowest BCUT2D eigenvalue weighted by atomic mass is 10.1. The van der Waals surface area contributed by atoms with Crippen molar-refractivity contribution in [3.63, 3.8) is 0 Å². The van der Waals surface area contributed by atoms with E-state index in [1.807, 2.05) is 24.4 Å². The van der Waals surface area contributed by atoms with Gasteiger partial charge in [-0.15, -0.1) is 11.3 Å². The highest BCUT2D eigenvalue weighted by molar-refractivity contribution is 7.11. The predicted molar refractivity (Wildman–Crippen MR) is 87.9 cm³/mol. The quantitative estimate of drug-likeness (QED) is 0.824. The number of rotatable bonds is 6. The van der Waals surface area contributed by atoms with E-state index in [4.69, 9.17) is 23.2 Å². The van der Waals surface area contributed by atoms with Crippen LogP contribution in [0.1, 0.15) is 29.3 Å². The van der Waals surface area contributed by atoms with Gasteiger partial charge in [0.1, 0.15) is 0 Å². The Morgan fingerprint density at radius 3 is 2.60 bits per heavy atom. The van der Waals surface area contributed by atoms with E-state index in [0.29, 0.717) is 22.4 Å². The third kappa shape index (κ3) is 4.45. The van der Waals surface area contributed by atoms with Crippen molar-refractivity contribution in [2.24, 2.45) is 5.92 Å². The van der Waals surface area contributed by atoms with Gasteiger partial charge in [0.15, 0.2) is 0 Å². The number of thiazole rings is 1. The van der Waals surface area contributed by atoms with Gasteiger partial charge in [-0.05, 0) is 30.2 Å². The van der Waals surface area contributed by atoms with E-state index in [9.17, 15) is 0 Å². The highest BCUT2D eigenvalue weighted by Gasteiger charge is 2.09. The maximum absolute atomic E-state index is 6.18. The zero-order valence-electron chi connectivity index (χ0n) is 11.6. The van der Waals surface area contributed by atoms with E-state index in [-0.39, 0.29) is 0 Å². The molecule has 1 heterocycles. The fourth-order valence-electron chi connectivity index (χ4n) is 1.85. The molecule has 1 N–H and O–H groups in total. The normalized spacial score (nSPS) is 11.2. The van der Waals surface area contributed by atoms with Gasteiger partial charge >= 0.3 is 0 Å². The Labute approximate surface area is 134 Å². The van der Waals surface area contributed by atoms with Gasteiger partial charge in [0.25, 0.3) is 0 Å². The van der Waals surface area contributed by atoms with Crippen molar-refractivity contribution in [3.05, 3.63) is 49.9 Å². The number of benzene rings is 1. The fraction of sp³-hybridized carbons (Fsp3) is 0.400. The Kier molecular flexibility index (Phi) is 5.85. The standard InChI is InChI=1S/C15H18Cl2N2S/c1-10(2)7-18-8-11-9-19-15(20-11)6-12-13(16)4-3-5-14(12)17/h3-5,9-10,18H,6-8H2,1-2H3. The van der Waals surface area contributed by atoms with Gasteiger partial charge < -0.3 is 5.32 Å². The molecule has 0 fully saturated rings. The number of hydrogen-bond donors (Lipinski definition) is 1. The zero-order valence-corrected chi connectivity index (χ0v) is 13.9. The summed E-state index contributed by atoms with van der Waals surface area (Å²) in [6.07, 6.45) is 2.62. The van der Waals surface area contributed by atoms with Crippen molar-refractivity contribution in [2.75, 3.05) is 6.54 Å². The van der Waals surface area contributed by atoms with E-state index in [1.165, 1.54) is 4.88 Å². The zero-order chi connectivity index (χ0) is 14.5. The number of aromatic nitrogens is 1. The first-order valence-electron chi connectivity index (χ1n) is 6.63. The van der Waals surface area contributed by atoms with E-state index in [2.05, 4.69) is 24.1 Å². The van der Waals surface area contributed by atoms with Crippen molar-refractivity contribution < 1.29 is 0 Å². The molecular formula is C15H18Cl2N2S. The molecule has 1 aromatic carbocycles. The van der Waals surface area contributed by atoms with Gasteiger partial charge in [0.05, 0.1) is 5.01 Å². The molecule has 0 aliphatic heterocycles. The Morgan fingerprint density at radius 2 is 1.95 bits per heavy atom. The molecule has 2 rings (SSSR count). The fourth-order valence-corrected chi connectivity index (χ4v) is 3.28.